The highest BCUT2D eigenvalue weighted by Crippen LogP contribution is 2.30. The Labute approximate surface area is 194 Å². The number of fused-ring (bicyclic) bond motifs is 1. The van der Waals surface area contributed by atoms with Gasteiger partial charge in [0.1, 0.15) is 18.0 Å². The second kappa shape index (κ2) is 10.6. The quantitative estimate of drug-likeness (QED) is 0.680. The maximum atomic E-state index is 13.5. The van der Waals surface area contributed by atoms with Crippen molar-refractivity contribution in [3.8, 4) is 17.0 Å². The molecule has 3 atom stereocenters. The second-order valence-electron chi connectivity index (χ2n) is 8.81. The number of hydrogen-bond acceptors (Lipinski definition) is 7. The summed E-state index contributed by atoms with van der Waals surface area (Å²) in [4.78, 5) is 41.6. The summed E-state index contributed by atoms with van der Waals surface area (Å²) < 4.78 is 6.22. The topological polar surface area (TPSA) is 121 Å². The number of amides is 3. The number of carbonyl (C=O) groups is 2. The van der Waals surface area contributed by atoms with Gasteiger partial charge < -0.3 is 25.0 Å². The summed E-state index contributed by atoms with van der Waals surface area (Å²) in [5.41, 5.74) is 1.70. The van der Waals surface area contributed by atoms with E-state index in [2.05, 4.69) is 20.3 Å². The number of aromatic nitrogens is 3. The summed E-state index contributed by atoms with van der Waals surface area (Å²) in [6.45, 7) is 8.06. The fourth-order valence-electron chi connectivity index (χ4n) is 3.64. The first-order valence-electron chi connectivity index (χ1n) is 11.1. The van der Waals surface area contributed by atoms with Gasteiger partial charge in [-0.15, -0.1) is 0 Å². The Morgan fingerprint density at radius 2 is 1.97 bits per heavy atom. The third kappa shape index (κ3) is 5.75. The largest absolute Gasteiger partial charge is 0.472 e. The summed E-state index contributed by atoms with van der Waals surface area (Å²) >= 11 is 0. The number of urea groups is 1. The molecule has 3 rings (SSSR count). The molecule has 0 fully saturated rings. The van der Waals surface area contributed by atoms with E-state index in [1.54, 1.807) is 48.4 Å². The first-order chi connectivity index (χ1) is 15.7. The Kier molecular flexibility index (Phi) is 7.80. The predicted octanol–water partition coefficient (Wildman–Crippen LogP) is 1.81. The van der Waals surface area contributed by atoms with Crippen LogP contribution in [0.1, 0.15) is 38.1 Å². The van der Waals surface area contributed by atoms with Crippen LogP contribution in [0.3, 0.4) is 0 Å². The molecule has 10 nitrogen and oxygen atoms in total. The molecule has 178 valence electrons. The van der Waals surface area contributed by atoms with Crippen LogP contribution in [0.4, 0.5) is 4.79 Å². The number of aliphatic hydroxyl groups is 1. The molecule has 3 heterocycles. The lowest BCUT2D eigenvalue weighted by molar-refractivity contribution is 0.0352. The van der Waals surface area contributed by atoms with Gasteiger partial charge in [-0.25, -0.2) is 19.7 Å². The van der Waals surface area contributed by atoms with Crippen molar-refractivity contribution >= 4 is 11.9 Å². The van der Waals surface area contributed by atoms with Gasteiger partial charge in [-0.2, -0.15) is 0 Å². The van der Waals surface area contributed by atoms with Crippen molar-refractivity contribution in [2.45, 2.75) is 45.9 Å². The molecule has 0 spiro atoms. The summed E-state index contributed by atoms with van der Waals surface area (Å²) in [5, 5.41) is 12.7. The lowest BCUT2D eigenvalue weighted by Gasteiger charge is -2.37. The number of likely N-dealkylation sites (N-methyl/N-ethyl adjacent to an activating group) is 1. The Morgan fingerprint density at radius 1 is 1.27 bits per heavy atom. The second-order valence-corrected chi connectivity index (χ2v) is 8.81. The third-order valence-corrected chi connectivity index (χ3v) is 5.63. The number of carbonyl (C=O) groups excluding carboxylic acids is 2. The van der Waals surface area contributed by atoms with Crippen LogP contribution in [0.15, 0.2) is 31.0 Å². The van der Waals surface area contributed by atoms with E-state index in [1.807, 2.05) is 20.8 Å². The van der Waals surface area contributed by atoms with Crippen LogP contribution in [0.5, 0.6) is 5.88 Å². The highest BCUT2D eigenvalue weighted by Gasteiger charge is 2.34. The minimum atomic E-state index is -0.411. The molecule has 0 bridgehead atoms. The number of pyridine rings is 1. The van der Waals surface area contributed by atoms with E-state index in [4.69, 9.17) is 4.74 Å². The number of ether oxygens (including phenoxy) is 1. The summed E-state index contributed by atoms with van der Waals surface area (Å²) in [5.74, 6) is -0.187. The number of nitrogens with zero attached hydrogens (tertiary/aromatic N) is 5. The van der Waals surface area contributed by atoms with Gasteiger partial charge in [-0.1, -0.05) is 6.92 Å². The molecular weight excluding hydrogens is 424 g/mol. The zero-order valence-corrected chi connectivity index (χ0v) is 19.7. The van der Waals surface area contributed by atoms with E-state index in [-0.39, 0.29) is 36.4 Å². The summed E-state index contributed by atoms with van der Waals surface area (Å²) in [6.07, 6.45) is 5.93. The van der Waals surface area contributed by atoms with E-state index in [0.717, 1.165) is 5.56 Å². The Bertz CT molecular complexity index is 971. The lowest BCUT2D eigenvalue weighted by Crippen LogP contribution is -2.51. The summed E-state index contributed by atoms with van der Waals surface area (Å²) in [7, 11) is 1.71. The monoisotopic (exact) mass is 456 g/mol. The van der Waals surface area contributed by atoms with Crippen molar-refractivity contribution in [2.24, 2.45) is 5.92 Å². The first kappa shape index (κ1) is 24.4. The maximum absolute atomic E-state index is 13.5. The van der Waals surface area contributed by atoms with Crippen LogP contribution in [-0.2, 0) is 0 Å². The van der Waals surface area contributed by atoms with Crippen LogP contribution >= 0.6 is 0 Å². The average Bonchev–Trinajstić information content (AvgIpc) is 2.80. The van der Waals surface area contributed by atoms with Crippen molar-refractivity contribution in [1.82, 2.24) is 30.1 Å². The van der Waals surface area contributed by atoms with Gasteiger partial charge in [0.2, 0.25) is 5.88 Å². The maximum Gasteiger partial charge on any atom is 0.317 e. The number of hydrogen-bond donors (Lipinski definition) is 2. The molecule has 0 aliphatic carbocycles. The van der Waals surface area contributed by atoms with Crippen molar-refractivity contribution in [2.75, 3.05) is 26.7 Å². The van der Waals surface area contributed by atoms with Crippen LogP contribution in [-0.4, -0.2) is 86.7 Å². The predicted molar refractivity (Wildman–Crippen MR) is 123 cm³/mol. The average molecular weight is 457 g/mol. The molecule has 0 unspecified atom stereocenters. The smallest absolute Gasteiger partial charge is 0.317 e. The van der Waals surface area contributed by atoms with Crippen LogP contribution in [0.2, 0.25) is 0 Å². The SMILES string of the molecule is CC(C)NC(=O)N(C)C[C@@H]1Oc2ncc(-c3cncnc3)cc2C(=O)N([C@H](C)CO)C[C@@H]1C. The molecule has 0 saturated heterocycles. The molecule has 33 heavy (non-hydrogen) atoms. The number of nitrogens with one attached hydrogen (secondary N) is 1. The van der Waals surface area contributed by atoms with Gasteiger partial charge in [0, 0.05) is 55.3 Å². The molecule has 0 saturated carbocycles. The van der Waals surface area contributed by atoms with Gasteiger partial charge in [0.05, 0.1) is 19.2 Å². The van der Waals surface area contributed by atoms with Crippen molar-refractivity contribution in [3.05, 3.63) is 36.5 Å². The fraction of sp³-hybridized carbons (Fsp3) is 0.522. The Morgan fingerprint density at radius 3 is 2.61 bits per heavy atom. The van der Waals surface area contributed by atoms with Crippen molar-refractivity contribution < 1.29 is 19.4 Å². The standard InChI is InChI=1S/C23H32N6O4/c1-14(2)27-23(32)28(5)11-20-15(3)10-29(16(4)12-30)22(31)19-6-17(9-26-21(19)33-20)18-7-24-13-25-8-18/h6-9,13-16,20,30H,10-12H2,1-5H3,(H,27,32)/t15-,16+,20-/m0/s1. The van der Waals surface area contributed by atoms with Gasteiger partial charge in [0.15, 0.2) is 0 Å². The molecule has 2 N–H and O–H groups in total. The molecule has 2 aromatic heterocycles. The normalized spacial score (nSPS) is 19.2. The Hall–Kier alpha value is -3.27. The Balaban J connectivity index is 1.97. The molecule has 2 aromatic rings. The zero-order chi connectivity index (χ0) is 24.1. The fourth-order valence-corrected chi connectivity index (χ4v) is 3.64. The molecule has 1 aliphatic heterocycles. The third-order valence-electron chi connectivity index (χ3n) is 5.63. The van der Waals surface area contributed by atoms with Crippen LogP contribution < -0.4 is 10.1 Å². The molecule has 10 heteroatoms. The van der Waals surface area contributed by atoms with E-state index in [1.165, 1.54) is 6.33 Å². The van der Waals surface area contributed by atoms with Gasteiger partial charge >= 0.3 is 6.03 Å². The summed E-state index contributed by atoms with van der Waals surface area (Å²) in [6, 6.07) is 1.13. The van der Waals surface area contributed by atoms with Crippen molar-refractivity contribution in [1.29, 1.82) is 0 Å². The van der Waals surface area contributed by atoms with E-state index in [0.29, 0.717) is 24.2 Å². The first-order valence-corrected chi connectivity index (χ1v) is 11.1. The minimum Gasteiger partial charge on any atom is -0.472 e. The van der Waals surface area contributed by atoms with Crippen LogP contribution in [0.25, 0.3) is 11.1 Å². The van der Waals surface area contributed by atoms with E-state index in [9.17, 15) is 14.7 Å². The minimum absolute atomic E-state index is 0.0110. The lowest BCUT2D eigenvalue weighted by atomic mass is 9.99. The molecule has 3 amide bonds. The molecule has 0 aromatic carbocycles. The van der Waals surface area contributed by atoms with Gasteiger partial charge in [0.25, 0.3) is 5.91 Å². The zero-order valence-electron chi connectivity index (χ0n) is 19.7. The molecule has 1 aliphatic rings. The van der Waals surface area contributed by atoms with E-state index < -0.39 is 12.1 Å². The molecular formula is C23H32N6O4. The highest BCUT2D eigenvalue weighted by molar-refractivity contribution is 5.98. The highest BCUT2D eigenvalue weighted by atomic mass is 16.5. The van der Waals surface area contributed by atoms with Gasteiger partial charge in [-0.3, -0.25) is 4.79 Å². The van der Waals surface area contributed by atoms with Crippen molar-refractivity contribution in [3.63, 3.8) is 0 Å². The van der Waals surface area contributed by atoms with Crippen LogP contribution in [0, 0.1) is 5.92 Å². The molecule has 0 radical (unpaired) electrons. The van der Waals surface area contributed by atoms with Gasteiger partial charge in [-0.05, 0) is 26.8 Å². The van der Waals surface area contributed by atoms with E-state index >= 15 is 0 Å². The number of aliphatic hydroxyl groups excluding tert-OH is 1. The number of rotatable bonds is 6.